The molecule has 1 spiro atoms. The zero-order chi connectivity index (χ0) is 31.4. The number of carbonyl (C=O) groups is 1. The molecule has 45 heavy (non-hydrogen) atoms. The molecule has 1 unspecified atom stereocenters. The third-order valence-corrected chi connectivity index (χ3v) is 8.77. The zero-order valence-electron chi connectivity index (χ0n) is 26.3. The van der Waals surface area contributed by atoms with Crippen molar-refractivity contribution in [1.82, 2.24) is 0 Å². The lowest BCUT2D eigenvalue weighted by molar-refractivity contribution is 0.0579. The lowest BCUT2D eigenvalue weighted by Crippen LogP contribution is -2.58. The first kappa shape index (κ1) is 30.1. The molecule has 1 atom stereocenters. The van der Waals surface area contributed by atoms with Crippen LogP contribution in [0.4, 0.5) is 17.1 Å². The van der Waals surface area contributed by atoms with Crippen molar-refractivity contribution in [3.63, 3.8) is 0 Å². The number of nitrogens with zero attached hydrogens (tertiary/aromatic N) is 3. The van der Waals surface area contributed by atoms with Gasteiger partial charge in [-0.25, -0.2) is 4.79 Å². The number of unbranched alkanes of at least 4 members (excludes halogenated alkanes) is 3. The Hall–Kier alpha value is -4.91. The number of likely N-dealkylation sites (N-methyl/N-ethyl adjacent to an activating group) is 1. The predicted molar refractivity (Wildman–Crippen MR) is 178 cm³/mol. The van der Waals surface area contributed by atoms with E-state index in [0.717, 1.165) is 41.5 Å². The van der Waals surface area contributed by atoms with E-state index >= 15 is 0 Å². The number of anilines is 1. The van der Waals surface area contributed by atoms with Crippen LogP contribution >= 0.6 is 0 Å². The van der Waals surface area contributed by atoms with Gasteiger partial charge in [-0.2, -0.15) is 10.2 Å². The number of para-hydroxylation sites is 1. The number of carbonyl (C=O) groups excluding carboxylic acids is 1. The van der Waals surface area contributed by atoms with Crippen LogP contribution in [0, 0.1) is 0 Å². The molecule has 6 rings (SSSR count). The highest BCUT2D eigenvalue weighted by Crippen LogP contribution is 2.54. The van der Waals surface area contributed by atoms with E-state index in [4.69, 9.17) is 14.2 Å². The second-order valence-electron chi connectivity index (χ2n) is 12.1. The van der Waals surface area contributed by atoms with Crippen molar-refractivity contribution in [3.05, 3.63) is 114 Å². The Labute approximate surface area is 265 Å². The smallest absolute Gasteiger partial charge is 0.343 e. The molecule has 0 aliphatic carbocycles. The maximum Gasteiger partial charge on any atom is 0.343 e. The van der Waals surface area contributed by atoms with E-state index in [1.165, 1.54) is 24.8 Å². The molecule has 4 aromatic rings. The van der Waals surface area contributed by atoms with Crippen molar-refractivity contribution >= 4 is 29.1 Å². The summed E-state index contributed by atoms with van der Waals surface area (Å²) < 4.78 is 18.2. The molecule has 0 bridgehead atoms. The van der Waals surface area contributed by atoms with Crippen molar-refractivity contribution in [3.8, 4) is 17.2 Å². The van der Waals surface area contributed by atoms with Crippen molar-refractivity contribution in [2.75, 3.05) is 18.6 Å². The summed E-state index contributed by atoms with van der Waals surface area (Å²) in [7, 11) is 2.06. The quantitative estimate of drug-likeness (QED) is 0.0783. The lowest BCUT2D eigenvalue weighted by atomic mass is 9.76. The Bertz CT molecular complexity index is 1730. The number of azo groups is 1. The fraction of sp³-hybridized carbons (Fsp3) is 0.289. The molecule has 0 aromatic heterocycles. The molecule has 2 aliphatic rings. The van der Waals surface area contributed by atoms with E-state index in [1.54, 1.807) is 30.3 Å². The second kappa shape index (κ2) is 12.6. The predicted octanol–water partition coefficient (Wildman–Crippen LogP) is 9.81. The van der Waals surface area contributed by atoms with Crippen LogP contribution in [0.1, 0.15) is 67.9 Å². The van der Waals surface area contributed by atoms with E-state index in [0.29, 0.717) is 17.0 Å². The topological polar surface area (TPSA) is 72.7 Å². The van der Waals surface area contributed by atoms with Gasteiger partial charge in [-0.05, 0) is 111 Å². The lowest BCUT2D eigenvalue weighted by Gasteiger charge is -2.45. The minimum absolute atomic E-state index is 0.282. The van der Waals surface area contributed by atoms with Crippen molar-refractivity contribution in [2.45, 2.75) is 57.6 Å². The average molecular weight is 602 g/mol. The maximum absolute atomic E-state index is 12.9. The van der Waals surface area contributed by atoms with Gasteiger partial charge in [-0.15, -0.1) is 0 Å². The summed E-state index contributed by atoms with van der Waals surface area (Å²) in [6, 6.07) is 28.3. The molecule has 2 aliphatic heterocycles. The number of hydrogen-bond acceptors (Lipinski definition) is 7. The molecule has 0 radical (unpaired) electrons. The summed E-state index contributed by atoms with van der Waals surface area (Å²) >= 11 is 0. The van der Waals surface area contributed by atoms with Crippen molar-refractivity contribution in [2.24, 2.45) is 10.2 Å². The van der Waals surface area contributed by atoms with Crippen LogP contribution in [0.3, 0.4) is 0 Å². The van der Waals surface area contributed by atoms with Crippen LogP contribution in [0.15, 0.2) is 107 Å². The Morgan fingerprint density at radius 1 is 0.844 bits per heavy atom. The summed E-state index contributed by atoms with van der Waals surface area (Å²) in [5.74, 6) is 1.57. The first-order chi connectivity index (χ1) is 21.8. The number of fused-ring (bicyclic) bond motifs is 2. The zero-order valence-corrected chi connectivity index (χ0v) is 26.3. The molecule has 230 valence electrons. The molecule has 2 heterocycles. The highest BCUT2D eigenvalue weighted by molar-refractivity contribution is 5.91. The first-order valence-corrected chi connectivity index (χ1v) is 15.6. The van der Waals surface area contributed by atoms with E-state index in [-0.39, 0.29) is 5.41 Å². The summed E-state index contributed by atoms with van der Waals surface area (Å²) in [5, 5.41) is 8.61. The van der Waals surface area contributed by atoms with Gasteiger partial charge in [0.15, 0.2) is 0 Å². The molecule has 7 nitrogen and oxygen atoms in total. The van der Waals surface area contributed by atoms with Crippen molar-refractivity contribution in [1.29, 1.82) is 0 Å². The van der Waals surface area contributed by atoms with Gasteiger partial charge < -0.3 is 19.1 Å². The molecule has 0 fully saturated rings. The van der Waals surface area contributed by atoms with E-state index in [1.807, 2.05) is 36.4 Å². The number of ether oxygens (including phenoxy) is 3. The molecule has 0 N–H and O–H groups in total. The summed E-state index contributed by atoms with van der Waals surface area (Å²) in [4.78, 5) is 15.1. The maximum atomic E-state index is 12.9. The molecule has 0 saturated carbocycles. The fourth-order valence-corrected chi connectivity index (χ4v) is 6.09. The van der Waals surface area contributed by atoms with Crippen LogP contribution in [0.25, 0.3) is 6.08 Å². The van der Waals surface area contributed by atoms with Crippen LogP contribution in [-0.4, -0.2) is 25.3 Å². The summed E-state index contributed by atoms with van der Waals surface area (Å²) in [6.07, 6.45) is 8.85. The van der Waals surface area contributed by atoms with E-state index in [2.05, 4.69) is 79.4 Å². The monoisotopic (exact) mass is 601 g/mol. The number of esters is 1. The van der Waals surface area contributed by atoms with E-state index in [9.17, 15) is 4.79 Å². The SMILES string of the molecule is CCCCCCOc1ccc(N=Nc2ccc(C(=O)Oc3ccc4c(c3)C=CC3(O4)N(C)c4ccccc4C3(C)C)cc2)cc1. The van der Waals surface area contributed by atoms with Gasteiger partial charge >= 0.3 is 5.97 Å². The van der Waals surface area contributed by atoms with Gasteiger partial charge in [0.25, 0.3) is 0 Å². The molecule has 4 aromatic carbocycles. The van der Waals surface area contributed by atoms with Crippen LogP contribution in [0.5, 0.6) is 17.2 Å². The summed E-state index contributed by atoms with van der Waals surface area (Å²) in [6.45, 7) is 7.33. The largest absolute Gasteiger partial charge is 0.494 e. The highest BCUT2D eigenvalue weighted by atomic mass is 16.5. The minimum atomic E-state index is -0.660. The van der Waals surface area contributed by atoms with Gasteiger partial charge in [0.1, 0.15) is 17.2 Å². The molecular formula is C38H39N3O4. The molecule has 0 amide bonds. The second-order valence-corrected chi connectivity index (χ2v) is 12.1. The Morgan fingerprint density at radius 2 is 1.53 bits per heavy atom. The van der Waals surface area contributed by atoms with Crippen LogP contribution in [-0.2, 0) is 5.41 Å². The number of rotatable bonds is 10. The molecule has 0 saturated heterocycles. The van der Waals surface area contributed by atoms with Gasteiger partial charge in [-0.3, -0.25) is 0 Å². The third-order valence-electron chi connectivity index (χ3n) is 8.77. The Balaban J connectivity index is 1.06. The third kappa shape index (κ3) is 5.95. The molecular weight excluding hydrogens is 562 g/mol. The molecule has 7 heteroatoms. The summed E-state index contributed by atoms with van der Waals surface area (Å²) in [5.41, 5.74) is 4.09. The minimum Gasteiger partial charge on any atom is -0.494 e. The Morgan fingerprint density at radius 3 is 2.24 bits per heavy atom. The van der Waals surface area contributed by atoms with Gasteiger partial charge in [0, 0.05) is 18.3 Å². The number of hydrogen-bond donors (Lipinski definition) is 0. The first-order valence-electron chi connectivity index (χ1n) is 15.6. The normalized spacial score (nSPS) is 17.6. The fourth-order valence-electron chi connectivity index (χ4n) is 6.09. The highest BCUT2D eigenvalue weighted by Gasteiger charge is 2.57. The van der Waals surface area contributed by atoms with Crippen LogP contribution < -0.4 is 19.1 Å². The van der Waals surface area contributed by atoms with Gasteiger partial charge in [0.05, 0.1) is 29.0 Å². The van der Waals surface area contributed by atoms with E-state index < -0.39 is 11.7 Å². The van der Waals surface area contributed by atoms with Crippen molar-refractivity contribution < 1.29 is 19.0 Å². The Kier molecular flexibility index (Phi) is 8.44. The van der Waals surface area contributed by atoms with Gasteiger partial charge in [-0.1, -0.05) is 44.4 Å². The average Bonchev–Trinajstić information content (AvgIpc) is 3.22. The standard InChI is InChI=1S/C38H39N3O4/c1-5-6-7-10-25-43-31-19-17-30(18-20-31)40-39-29-15-13-27(14-16-29)36(42)44-32-21-22-35-28(26-32)23-24-38(45-35)37(2,3)33-11-8-9-12-34(33)41(38)4/h8-9,11-24,26H,5-7,10,25H2,1-4H3. The van der Waals surface area contributed by atoms with Gasteiger partial charge in [0.2, 0.25) is 5.72 Å². The van der Waals surface area contributed by atoms with Crippen LogP contribution in [0.2, 0.25) is 0 Å². The number of benzene rings is 4.